The number of aliphatic imine (C=N–C) groups is 1. The van der Waals surface area contributed by atoms with E-state index in [9.17, 15) is 0 Å². The van der Waals surface area contributed by atoms with E-state index in [4.69, 9.17) is 0 Å². The van der Waals surface area contributed by atoms with Gasteiger partial charge >= 0.3 is 0 Å². The molecule has 0 radical (unpaired) electrons. The lowest BCUT2D eigenvalue weighted by Gasteiger charge is -2.24. The van der Waals surface area contributed by atoms with Crippen molar-refractivity contribution < 1.29 is 0 Å². The van der Waals surface area contributed by atoms with E-state index in [0.29, 0.717) is 4.75 Å². The van der Waals surface area contributed by atoms with Gasteiger partial charge in [-0.25, -0.2) is 0 Å². The molecule has 1 atom stereocenters. The van der Waals surface area contributed by atoms with E-state index >= 15 is 0 Å². The fourth-order valence-corrected chi connectivity index (χ4v) is 3.81. The Morgan fingerprint density at radius 1 is 1.50 bits per heavy atom. The molecule has 0 bridgehead atoms. The summed E-state index contributed by atoms with van der Waals surface area (Å²) in [6, 6.07) is 0. The van der Waals surface area contributed by atoms with Crippen LogP contribution in [0.4, 0.5) is 0 Å². The van der Waals surface area contributed by atoms with E-state index in [1.807, 2.05) is 25.0 Å². The minimum absolute atomic E-state index is 0. The van der Waals surface area contributed by atoms with Crippen LogP contribution in [0.3, 0.4) is 0 Å². The average molecular weight is 437 g/mol. The predicted octanol–water partition coefficient (Wildman–Crippen LogP) is 2.42. The van der Waals surface area contributed by atoms with Crippen molar-refractivity contribution in [2.75, 3.05) is 25.9 Å². The summed E-state index contributed by atoms with van der Waals surface area (Å²) >= 11 is 2.07. The molecule has 22 heavy (non-hydrogen) atoms. The van der Waals surface area contributed by atoms with Crippen molar-refractivity contribution in [3.05, 3.63) is 18.0 Å². The number of nitrogens with zero attached hydrogens (tertiary/aromatic N) is 3. The van der Waals surface area contributed by atoms with Gasteiger partial charge in [-0.2, -0.15) is 16.9 Å². The molecular weight excluding hydrogens is 409 g/mol. The molecule has 0 aromatic carbocycles. The molecule has 0 saturated carbocycles. The molecule has 1 saturated heterocycles. The normalized spacial score (nSPS) is 21.5. The molecule has 1 aliphatic rings. The second kappa shape index (κ2) is 9.64. The Labute approximate surface area is 155 Å². The Kier molecular flexibility index (Phi) is 8.59. The summed E-state index contributed by atoms with van der Waals surface area (Å²) in [5, 5.41) is 11.0. The van der Waals surface area contributed by atoms with E-state index in [1.54, 1.807) is 0 Å². The molecule has 2 N–H and O–H groups in total. The van der Waals surface area contributed by atoms with Gasteiger partial charge in [0.15, 0.2) is 5.96 Å². The first-order chi connectivity index (χ1) is 10.1. The van der Waals surface area contributed by atoms with Crippen molar-refractivity contribution >= 4 is 41.7 Å². The number of guanidine groups is 1. The number of hydrogen-bond donors (Lipinski definition) is 2. The highest BCUT2D eigenvalue weighted by Crippen LogP contribution is 2.36. The van der Waals surface area contributed by atoms with Crippen LogP contribution in [-0.4, -0.2) is 46.4 Å². The van der Waals surface area contributed by atoms with Crippen LogP contribution in [0.5, 0.6) is 0 Å². The Morgan fingerprint density at radius 3 is 2.91 bits per heavy atom. The highest BCUT2D eigenvalue weighted by molar-refractivity contribution is 14.0. The Hall–Kier alpha value is -0.440. The van der Waals surface area contributed by atoms with Gasteiger partial charge in [-0.05, 0) is 43.9 Å². The summed E-state index contributed by atoms with van der Waals surface area (Å²) in [6.07, 6.45) is 8.77. The lowest BCUT2D eigenvalue weighted by atomic mass is 10.1. The van der Waals surface area contributed by atoms with Crippen molar-refractivity contribution in [1.29, 1.82) is 0 Å². The van der Waals surface area contributed by atoms with Crippen LogP contribution in [0, 0.1) is 0 Å². The van der Waals surface area contributed by atoms with Gasteiger partial charge in [0.05, 0.1) is 6.20 Å². The van der Waals surface area contributed by atoms with Crippen LogP contribution < -0.4 is 10.6 Å². The molecule has 126 valence electrons. The number of nitrogens with one attached hydrogen (secondary N) is 2. The lowest BCUT2D eigenvalue weighted by molar-refractivity contribution is 0.583. The summed E-state index contributed by atoms with van der Waals surface area (Å²) in [7, 11) is 3.79. The zero-order valence-corrected chi connectivity index (χ0v) is 16.9. The van der Waals surface area contributed by atoms with Crippen molar-refractivity contribution in [2.24, 2.45) is 12.0 Å². The molecule has 2 heterocycles. The van der Waals surface area contributed by atoms with Crippen molar-refractivity contribution in [3.63, 3.8) is 0 Å². The fraction of sp³-hybridized carbons (Fsp3) is 0.733. The van der Waals surface area contributed by atoms with Crippen molar-refractivity contribution in [3.8, 4) is 0 Å². The van der Waals surface area contributed by atoms with Crippen molar-refractivity contribution in [2.45, 2.75) is 37.4 Å². The average Bonchev–Trinajstić information content (AvgIpc) is 3.07. The molecule has 1 unspecified atom stereocenters. The zero-order valence-electron chi connectivity index (χ0n) is 13.8. The highest BCUT2D eigenvalue weighted by atomic mass is 127. The number of thioether (sulfide) groups is 1. The monoisotopic (exact) mass is 437 g/mol. The first-order valence-corrected chi connectivity index (χ1v) is 8.66. The van der Waals surface area contributed by atoms with E-state index in [2.05, 4.69) is 45.6 Å². The summed E-state index contributed by atoms with van der Waals surface area (Å²) < 4.78 is 2.22. The Morgan fingerprint density at radius 2 is 2.32 bits per heavy atom. The van der Waals surface area contributed by atoms with Gasteiger partial charge in [0.2, 0.25) is 0 Å². The van der Waals surface area contributed by atoms with Gasteiger partial charge in [-0.15, -0.1) is 24.0 Å². The van der Waals surface area contributed by atoms with E-state index < -0.39 is 0 Å². The molecule has 0 amide bonds. The molecule has 0 spiro atoms. The first kappa shape index (κ1) is 19.6. The molecule has 0 aliphatic carbocycles. The number of hydrogen-bond acceptors (Lipinski definition) is 3. The van der Waals surface area contributed by atoms with Crippen molar-refractivity contribution in [1.82, 2.24) is 20.4 Å². The third kappa shape index (κ3) is 6.36. The fourth-order valence-electron chi connectivity index (χ4n) is 2.57. The topological polar surface area (TPSA) is 54.2 Å². The molecule has 5 nitrogen and oxygen atoms in total. The lowest BCUT2D eigenvalue weighted by Crippen LogP contribution is -2.43. The van der Waals surface area contributed by atoms with Crippen LogP contribution in [0.1, 0.15) is 31.7 Å². The van der Waals surface area contributed by atoms with Crippen LogP contribution >= 0.6 is 35.7 Å². The van der Waals surface area contributed by atoms with E-state index in [1.165, 1.54) is 24.2 Å². The largest absolute Gasteiger partial charge is 0.356 e. The number of aryl methyl sites for hydroxylation is 2. The third-order valence-electron chi connectivity index (χ3n) is 3.85. The van der Waals surface area contributed by atoms with Crippen LogP contribution in [0.2, 0.25) is 0 Å². The number of rotatable bonds is 6. The quantitative estimate of drug-likeness (QED) is 0.311. The zero-order chi connectivity index (χ0) is 15.1. The molecule has 1 fully saturated rings. The SMILES string of the molecule is CN=C(NCCCc1cnn(C)c1)NCC1(C)CCCS1.I. The number of aromatic nitrogens is 2. The minimum Gasteiger partial charge on any atom is -0.356 e. The minimum atomic E-state index is 0. The molecule has 1 aromatic rings. The maximum atomic E-state index is 4.30. The summed E-state index contributed by atoms with van der Waals surface area (Å²) in [4.78, 5) is 4.30. The van der Waals surface area contributed by atoms with Crippen LogP contribution in [0.25, 0.3) is 0 Å². The summed E-state index contributed by atoms with van der Waals surface area (Å²) in [5.74, 6) is 2.20. The Bertz CT molecular complexity index is 468. The molecule has 1 aromatic heterocycles. The summed E-state index contributed by atoms with van der Waals surface area (Å²) in [5.41, 5.74) is 1.29. The molecule has 2 rings (SSSR count). The molecule has 1 aliphatic heterocycles. The maximum Gasteiger partial charge on any atom is 0.191 e. The summed E-state index contributed by atoms with van der Waals surface area (Å²) in [6.45, 7) is 4.26. The number of halogens is 1. The van der Waals surface area contributed by atoms with Gasteiger partial charge < -0.3 is 10.6 Å². The second-order valence-corrected chi connectivity index (χ2v) is 7.56. The van der Waals surface area contributed by atoms with Gasteiger partial charge in [0, 0.05) is 38.1 Å². The maximum absolute atomic E-state index is 4.30. The smallest absolute Gasteiger partial charge is 0.191 e. The predicted molar refractivity (Wildman–Crippen MR) is 106 cm³/mol. The first-order valence-electron chi connectivity index (χ1n) is 7.67. The van der Waals surface area contributed by atoms with Gasteiger partial charge in [0.1, 0.15) is 0 Å². The van der Waals surface area contributed by atoms with Gasteiger partial charge in [-0.3, -0.25) is 9.67 Å². The standard InChI is InChI=1S/C15H27N5S.HI/c1-15(7-5-9-21-15)12-18-14(16-2)17-8-4-6-13-10-19-20(3)11-13;/h10-11H,4-9,12H2,1-3H3,(H2,16,17,18);1H. The van der Waals surface area contributed by atoms with E-state index in [-0.39, 0.29) is 24.0 Å². The van der Waals surface area contributed by atoms with E-state index in [0.717, 1.165) is 31.9 Å². The third-order valence-corrected chi connectivity index (χ3v) is 5.39. The Balaban J connectivity index is 0.00000242. The van der Waals surface area contributed by atoms with Crippen LogP contribution in [-0.2, 0) is 13.5 Å². The van der Waals surface area contributed by atoms with Crippen LogP contribution in [0.15, 0.2) is 17.4 Å². The molecule has 7 heteroatoms. The van der Waals surface area contributed by atoms with Gasteiger partial charge in [-0.1, -0.05) is 0 Å². The van der Waals surface area contributed by atoms with Gasteiger partial charge in [0.25, 0.3) is 0 Å². The second-order valence-electron chi connectivity index (χ2n) is 5.88. The highest BCUT2D eigenvalue weighted by Gasteiger charge is 2.29. The molecular formula is C15H28IN5S.